The number of carbonyl (C=O) groups is 15. The standard InChI is InChI=1S/C27H38N2O8.C18H24O7.C14H18O5.C12H15NO5.C12H14O5/c1-8-9-10-36-23-12-21(25(34)28(14-18(2)30)15-19(3)31)11-22(13-23)26(35)29(16-20(4)32)17-24(33)37-27(5,6)7;1-18(2,3)25-15(19)7-6-8-24-14-10-12(16(20)22-4)9-13(11-14)17(21)23-5;1-4-5-6-19-12-8-10(13(15)17-2)7-11(9-12)14(16)18-3;1-16-11(14)8-5-9(12(15)17-2)7-10(6-8)18-4-3-13;1-2-3-4-17-10-6-8(11(13)14)5-9(7-10)12(15)16/h11-13H,8-10,14-17H2,1-7H3;9-11H,6-8H2,1-5H3;7-9H,4-6H2,1-3H3;5-7H,3-4,13H2,1-2H3;5-7H,2-4H2,1H3,(H,13,14)(H,15,16). The highest BCUT2D eigenvalue weighted by molar-refractivity contribution is 6.04. The number of carbonyl (C=O) groups excluding carboxylic acids is 13. The van der Waals surface area contributed by atoms with Crippen LogP contribution in [0.5, 0.6) is 28.7 Å². The highest BCUT2D eigenvalue weighted by atomic mass is 16.6. The quantitative estimate of drug-likeness (QED) is 0.0188. The number of unbranched alkanes of at least 4 members (excludes halogenated alkanes) is 3. The van der Waals surface area contributed by atoms with Gasteiger partial charge in [0.25, 0.3) is 11.8 Å². The maximum atomic E-state index is 13.4. The number of ketones is 3. The van der Waals surface area contributed by atoms with Gasteiger partial charge in [0, 0.05) is 24.1 Å². The van der Waals surface area contributed by atoms with E-state index in [1.807, 2.05) is 20.8 Å². The Morgan fingerprint density at radius 1 is 0.319 bits per heavy atom. The summed E-state index contributed by atoms with van der Waals surface area (Å²) in [6, 6.07) is 21.1. The van der Waals surface area contributed by atoms with Gasteiger partial charge in [0.2, 0.25) is 0 Å². The van der Waals surface area contributed by atoms with Gasteiger partial charge in [0.1, 0.15) is 70.5 Å². The number of aromatic carboxylic acids is 2. The first-order chi connectivity index (χ1) is 54.6. The van der Waals surface area contributed by atoms with Gasteiger partial charge in [0.15, 0.2) is 0 Å². The summed E-state index contributed by atoms with van der Waals surface area (Å²) >= 11 is 0. The summed E-state index contributed by atoms with van der Waals surface area (Å²) in [5.74, 6) is -7.35. The van der Waals surface area contributed by atoms with Gasteiger partial charge in [-0.15, -0.1) is 0 Å². The number of hydrogen-bond acceptors (Lipinski definition) is 29. The Morgan fingerprint density at radius 3 is 0.784 bits per heavy atom. The predicted octanol–water partition coefficient (Wildman–Crippen LogP) is 10.9. The Balaban J connectivity index is 0.000000751. The van der Waals surface area contributed by atoms with E-state index in [2.05, 4.69) is 28.4 Å². The zero-order chi connectivity index (χ0) is 88.0. The molecule has 0 fully saturated rings. The second kappa shape index (κ2) is 52.9. The second-order valence-electron chi connectivity index (χ2n) is 27.1. The van der Waals surface area contributed by atoms with Gasteiger partial charge >= 0.3 is 59.7 Å². The molecule has 0 unspecified atom stereocenters. The smallest absolute Gasteiger partial charge is 0.338 e. The van der Waals surface area contributed by atoms with Crippen molar-refractivity contribution in [2.75, 3.05) is 108 Å². The largest absolute Gasteiger partial charge is 0.494 e. The number of ether oxygens (including phenoxy) is 13. The van der Waals surface area contributed by atoms with Gasteiger partial charge in [0.05, 0.1) is 133 Å². The summed E-state index contributed by atoms with van der Waals surface area (Å²) in [6.45, 7) is 21.1. The zero-order valence-corrected chi connectivity index (χ0v) is 69.2. The molecule has 0 saturated carbocycles. The van der Waals surface area contributed by atoms with Crippen LogP contribution in [0.25, 0.3) is 0 Å². The fourth-order valence-corrected chi connectivity index (χ4v) is 9.40. The van der Waals surface area contributed by atoms with Gasteiger partial charge in [-0.05, 0) is 179 Å². The van der Waals surface area contributed by atoms with E-state index in [0.29, 0.717) is 50.0 Å². The molecule has 0 aliphatic rings. The molecule has 5 rings (SSSR count). The SMILES string of the molecule is CCCCOc1cc(C(=O)N(CC(C)=O)CC(C)=O)cc(C(=O)N(CC(C)=O)CC(=O)OC(C)(C)C)c1.CCCCOc1cc(C(=O)O)cc(C(=O)O)c1.CCCCOc1cc(C(=O)OC)cc(C(=O)OC)c1.COC(=O)c1cc(OCCCC(=O)OC(C)(C)C)cc(C(=O)OC)c1.COC(=O)c1cc(OCCN)cc(C(=O)OC)c1. The van der Waals surface area contributed by atoms with Crippen molar-refractivity contribution < 1.29 is 144 Å². The van der Waals surface area contributed by atoms with Crippen LogP contribution in [0.2, 0.25) is 0 Å². The Morgan fingerprint density at radius 2 is 0.543 bits per heavy atom. The summed E-state index contributed by atoms with van der Waals surface area (Å²) in [4.78, 5) is 179. The summed E-state index contributed by atoms with van der Waals surface area (Å²) < 4.78 is 65.6. The van der Waals surface area contributed by atoms with Crippen molar-refractivity contribution in [2.45, 2.75) is 146 Å². The van der Waals surface area contributed by atoms with E-state index in [1.165, 1.54) is 136 Å². The Hall–Kier alpha value is -12.3. The average Bonchev–Trinajstić information content (AvgIpc) is 0.786. The average molecular weight is 1630 g/mol. The lowest BCUT2D eigenvalue weighted by Crippen LogP contribution is -2.41. The zero-order valence-electron chi connectivity index (χ0n) is 69.2. The minimum Gasteiger partial charge on any atom is -0.494 e. The van der Waals surface area contributed by atoms with E-state index < -0.39 is 83.3 Å². The van der Waals surface area contributed by atoms with Crippen molar-refractivity contribution in [2.24, 2.45) is 5.73 Å². The Labute approximate surface area is 674 Å². The third kappa shape index (κ3) is 40.4. The van der Waals surface area contributed by atoms with Crippen LogP contribution >= 0.6 is 0 Å². The predicted molar refractivity (Wildman–Crippen MR) is 420 cm³/mol. The van der Waals surface area contributed by atoms with E-state index in [-0.39, 0.29) is 130 Å². The lowest BCUT2D eigenvalue weighted by atomic mass is 10.1. The lowest BCUT2D eigenvalue weighted by Gasteiger charge is -2.25. The molecule has 0 heterocycles. The second-order valence-corrected chi connectivity index (χ2v) is 27.1. The molecule has 0 saturated heterocycles. The summed E-state index contributed by atoms with van der Waals surface area (Å²) in [5, 5.41) is 17.7. The molecule has 0 aromatic heterocycles. The van der Waals surface area contributed by atoms with Crippen LogP contribution in [-0.4, -0.2) is 228 Å². The maximum Gasteiger partial charge on any atom is 0.338 e. The van der Waals surface area contributed by atoms with Gasteiger partial charge in [-0.2, -0.15) is 0 Å². The maximum absolute atomic E-state index is 13.4. The van der Waals surface area contributed by atoms with E-state index in [9.17, 15) is 71.9 Å². The number of benzene rings is 5. The minimum absolute atomic E-state index is 0.00718. The van der Waals surface area contributed by atoms with Crippen molar-refractivity contribution in [1.29, 1.82) is 0 Å². The van der Waals surface area contributed by atoms with E-state index in [1.54, 1.807) is 53.7 Å². The van der Waals surface area contributed by atoms with Crippen molar-refractivity contribution in [1.82, 2.24) is 9.80 Å². The molecule has 0 atom stereocenters. The number of nitrogens with zero attached hydrogens (tertiary/aromatic N) is 2. The molecule has 5 aromatic rings. The molecule has 0 radical (unpaired) electrons. The van der Waals surface area contributed by atoms with Crippen LogP contribution in [0.1, 0.15) is 238 Å². The highest BCUT2D eigenvalue weighted by Gasteiger charge is 2.28. The van der Waals surface area contributed by atoms with Crippen molar-refractivity contribution in [3.05, 3.63) is 147 Å². The summed E-state index contributed by atoms with van der Waals surface area (Å²) in [7, 11) is 7.57. The van der Waals surface area contributed by atoms with E-state index in [4.69, 9.17) is 49.1 Å². The van der Waals surface area contributed by atoms with Gasteiger partial charge < -0.3 is 87.3 Å². The molecular weight excluding hydrogens is 1520 g/mol. The van der Waals surface area contributed by atoms with Gasteiger partial charge in [-0.3, -0.25) is 33.6 Å². The van der Waals surface area contributed by atoms with E-state index in [0.717, 1.165) is 54.4 Å². The van der Waals surface area contributed by atoms with Gasteiger partial charge in [-0.25, -0.2) is 38.4 Å². The third-order valence-electron chi connectivity index (χ3n) is 14.5. The molecular formula is C83H109N3O30. The number of methoxy groups -OCH3 is 6. The van der Waals surface area contributed by atoms with E-state index >= 15 is 0 Å². The summed E-state index contributed by atoms with van der Waals surface area (Å²) in [6.07, 6.45) is 5.92. The topological polar surface area (TPSA) is 449 Å². The number of esters is 8. The first-order valence-electron chi connectivity index (χ1n) is 36.6. The van der Waals surface area contributed by atoms with Crippen molar-refractivity contribution >= 4 is 88.9 Å². The number of carboxylic acid groups (broad SMARTS) is 2. The van der Waals surface area contributed by atoms with Crippen molar-refractivity contribution in [3.8, 4) is 28.7 Å². The van der Waals surface area contributed by atoms with Crippen LogP contribution in [-0.2, 0) is 61.9 Å². The molecule has 0 bridgehead atoms. The fraction of sp³-hybridized carbons (Fsp3) is 0.458. The fourth-order valence-electron chi connectivity index (χ4n) is 9.40. The van der Waals surface area contributed by atoms with Crippen LogP contribution in [0.4, 0.5) is 0 Å². The lowest BCUT2D eigenvalue weighted by molar-refractivity contribution is -0.156. The highest BCUT2D eigenvalue weighted by Crippen LogP contribution is 2.26. The van der Waals surface area contributed by atoms with Crippen LogP contribution in [0.3, 0.4) is 0 Å². The number of hydrogen-bond donors (Lipinski definition) is 3. The van der Waals surface area contributed by atoms with Crippen LogP contribution in [0.15, 0.2) is 91.0 Å². The molecule has 0 spiro atoms. The van der Waals surface area contributed by atoms with Crippen LogP contribution in [0, 0.1) is 0 Å². The number of Topliss-reactive ketones (excluding diaryl/α,β-unsaturated/α-hetero) is 3. The number of amides is 2. The number of rotatable bonds is 38. The summed E-state index contributed by atoms with van der Waals surface area (Å²) in [5.41, 5.74) is 5.17. The molecule has 116 heavy (non-hydrogen) atoms. The molecule has 5 aromatic carbocycles. The van der Waals surface area contributed by atoms with Crippen LogP contribution < -0.4 is 29.4 Å². The van der Waals surface area contributed by atoms with Crippen molar-refractivity contribution in [3.63, 3.8) is 0 Å². The normalized spacial score (nSPS) is 10.4. The molecule has 4 N–H and O–H groups in total. The molecule has 33 heteroatoms. The molecule has 0 aliphatic heterocycles. The van der Waals surface area contributed by atoms with Gasteiger partial charge in [-0.1, -0.05) is 40.0 Å². The first kappa shape index (κ1) is 102. The Kier molecular flexibility index (Phi) is 46.4. The third-order valence-corrected chi connectivity index (χ3v) is 14.5. The molecule has 0 aliphatic carbocycles. The minimum atomic E-state index is -1.17. The molecule has 636 valence electrons. The molecule has 33 nitrogen and oxygen atoms in total. The number of nitrogens with two attached hydrogens (primary N) is 1. The number of carboxylic acids is 2. The molecule has 2 amide bonds. The Bertz CT molecular complexity index is 4020. The first-order valence-corrected chi connectivity index (χ1v) is 36.6. The monoisotopic (exact) mass is 1630 g/mol.